The standard InChI is InChI=1S/C15H16O6S2/c1-2-15(20-22(16,17)13-9-5-3-6-10-13)21-23(18,19)14-11-7-4-8-12-14/h3-12,15H,2H2,1H3. The molecule has 124 valence electrons. The van der Waals surface area contributed by atoms with Crippen LogP contribution in [-0.2, 0) is 28.6 Å². The third-order valence-electron chi connectivity index (χ3n) is 2.87. The summed E-state index contributed by atoms with van der Waals surface area (Å²) >= 11 is 0. The van der Waals surface area contributed by atoms with E-state index in [0.717, 1.165) is 0 Å². The van der Waals surface area contributed by atoms with E-state index >= 15 is 0 Å². The van der Waals surface area contributed by atoms with Crippen molar-refractivity contribution in [3.63, 3.8) is 0 Å². The van der Waals surface area contributed by atoms with Gasteiger partial charge in [0.1, 0.15) is 0 Å². The van der Waals surface area contributed by atoms with E-state index in [1.165, 1.54) is 24.3 Å². The van der Waals surface area contributed by atoms with Crippen molar-refractivity contribution in [2.45, 2.75) is 29.4 Å². The predicted octanol–water partition coefficient (Wildman–Crippen LogP) is 2.53. The molecule has 0 heterocycles. The third kappa shape index (κ3) is 4.61. The first kappa shape index (κ1) is 17.6. The topological polar surface area (TPSA) is 86.7 Å². The molecule has 0 spiro atoms. The molecule has 0 atom stereocenters. The second-order valence-electron chi connectivity index (χ2n) is 4.56. The summed E-state index contributed by atoms with van der Waals surface area (Å²) in [6, 6.07) is 14.9. The van der Waals surface area contributed by atoms with E-state index in [4.69, 9.17) is 8.37 Å². The maximum absolute atomic E-state index is 12.1. The van der Waals surface area contributed by atoms with Crippen LogP contribution in [0.15, 0.2) is 70.5 Å². The van der Waals surface area contributed by atoms with Crippen molar-refractivity contribution >= 4 is 20.2 Å². The Labute approximate surface area is 135 Å². The fourth-order valence-electron chi connectivity index (χ4n) is 1.72. The van der Waals surface area contributed by atoms with E-state index in [9.17, 15) is 16.8 Å². The van der Waals surface area contributed by atoms with Gasteiger partial charge in [-0.15, -0.1) is 0 Å². The van der Waals surface area contributed by atoms with Gasteiger partial charge in [-0.1, -0.05) is 43.3 Å². The van der Waals surface area contributed by atoms with Crippen molar-refractivity contribution in [2.75, 3.05) is 0 Å². The van der Waals surface area contributed by atoms with E-state index < -0.39 is 26.5 Å². The molecule has 23 heavy (non-hydrogen) atoms. The molecule has 0 fully saturated rings. The Balaban J connectivity index is 2.18. The summed E-state index contributed by atoms with van der Waals surface area (Å²) in [5.41, 5.74) is 0. The Bertz CT molecular complexity index is 759. The van der Waals surface area contributed by atoms with Crippen LogP contribution < -0.4 is 0 Å². The number of benzene rings is 2. The van der Waals surface area contributed by atoms with Crippen molar-refractivity contribution in [2.24, 2.45) is 0 Å². The Morgan fingerprint density at radius 3 is 1.39 bits per heavy atom. The van der Waals surface area contributed by atoms with E-state index in [1.807, 2.05) is 0 Å². The van der Waals surface area contributed by atoms with Gasteiger partial charge in [0, 0.05) is 0 Å². The summed E-state index contributed by atoms with van der Waals surface area (Å²) in [6.45, 7) is 1.56. The van der Waals surface area contributed by atoms with Gasteiger partial charge in [0.25, 0.3) is 20.2 Å². The highest BCUT2D eigenvalue weighted by Gasteiger charge is 2.26. The van der Waals surface area contributed by atoms with E-state index in [0.29, 0.717) is 0 Å². The first-order valence-corrected chi connectivity index (χ1v) is 9.63. The molecule has 0 saturated heterocycles. The minimum Gasteiger partial charge on any atom is -0.233 e. The van der Waals surface area contributed by atoms with E-state index in [2.05, 4.69) is 0 Å². The van der Waals surface area contributed by atoms with Crippen LogP contribution in [-0.4, -0.2) is 23.1 Å². The minimum absolute atomic E-state index is 0.0398. The summed E-state index contributed by atoms with van der Waals surface area (Å²) in [6.07, 6.45) is -1.40. The number of hydrogen-bond acceptors (Lipinski definition) is 6. The Hall–Kier alpha value is -1.74. The highest BCUT2D eigenvalue weighted by molar-refractivity contribution is 7.87. The lowest BCUT2D eigenvalue weighted by Gasteiger charge is -2.16. The highest BCUT2D eigenvalue weighted by Crippen LogP contribution is 2.20. The van der Waals surface area contributed by atoms with Crippen LogP contribution in [0.2, 0.25) is 0 Å². The molecule has 0 aliphatic rings. The van der Waals surface area contributed by atoms with Gasteiger partial charge in [-0.3, -0.25) is 0 Å². The van der Waals surface area contributed by atoms with Gasteiger partial charge in [0.15, 0.2) is 6.29 Å². The fraction of sp³-hybridized carbons (Fsp3) is 0.200. The first-order valence-electron chi connectivity index (χ1n) is 6.82. The maximum Gasteiger partial charge on any atom is 0.299 e. The molecular formula is C15H16O6S2. The summed E-state index contributed by atoms with van der Waals surface area (Å²) in [5, 5.41) is 0. The average molecular weight is 356 g/mol. The number of hydrogen-bond donors (Lipinski definition) is 0. The zero-order valence-electron chi connectivity index (χ0n) is 12.3. The quantitative estimate of drug-likeness (QED) is 0.560. The molecule has 0 aromatic heterocycles. The van der Waals surface area contributed by atoms with Crippen molar-refractivity contribution < 1.29 is 25.2 Å². The molecule has 0 radical (unpaired) electrons. The van der Waals surface area contributed by atoms with Crippen LogP contribution in [0.25, 0.3) is 0 Å². The van der Waals surface area contributed by atoms with Gasteiger partial charge in [0.05, 0.1) is 9.79 Å². The summed E-state index contributed by atoms with van der Waals surface area (Å²) < 4.78 is 58.3. The molecule has 2 aromatic rings. The van der Waals surface area contributed by atoms with Gasteiger partial charge in [-0.05, 0) is 30.7 Å². The van der Waals surface area contributed by atoms with Crippen molar-refractivity contribution in [1.82, 2.24) is 0 Å². The summed E-state index contributed by atoms with van der Waals surface area (Å²) in [7, 11) is -8.23. The fourth-order valence-corrected chi connectivity index (χ4v) is 3.89. The zero-order chi connectivity index (χ0) is 16.9. The molecule has 0 bridgehead atoms. The van der Waals surface area contributed by atoms with Crippen LogP contribution in [0.1, 0.15) is 13.3 Å². The monoisotopic (exact) mass is 356 g/mol. The molecule has 2 aromatic carbocycles. The lowest BCUT2D eigenvalue weighted by Crippen LogP contribution is -2.24. The zero-order valence-corrected chi connectivity index (χ0v) is 14.0. The molecule has 0 unspecified atom stereocenters. The van der Waals surface area contributed by atoms with E-state index in [1.54, 1.807) is 43.3 Å². The van der Waals surface area contributed by atoms with Crippen molar-refractivity contribution in [3.05, 3.63) is 60.7 Å². The molecule has 2 rings (SSSR count). The maximum atomic E-state index is 12.1. The van der Waals surface area contributed by atoms with Crippen LogP contribution in [0, 0.1) is 0 Å². The molecule has 0 aliphatic heterocycles. The van der Waals surface area contributed by atoms with Crippen LogP contribution in [0.5, 0.6) is 0 Å². The molecule has 0 aliphatic carbocycles. The second-order valence-corrected chi connectivity index (χ2v) is 7.71. The largest absolute Gasteiger partial charge is 0.299 e. The van der Waals surface area contributed by atoms with Crippen molar-refractivity contribution in [1.29, 1.82) is 0 Å². The molecule has 6 nitrogen and oxygen atoms in total. The van der Waals surface area contributed by atoms with Gasteiger partial charge in [-0.25, -0.2) is 8.37 Å². The van der Waals surface area contributed by atoms with Gasteiger partial charge >= 0.3 is 0 Å². The lowest BCUT2D eigenvalue weighted by atomic mass is 10.4. The second kappa shape index (κ2) is 7.22. The molecular weight excluding hydrogens is 340 g/mol. The lowest BCUT2D eigenvalue weighted by molar-refractivity contribution is 0.0147. The smallest absolute Gasteiger partial charge is 0.233 e. The Morgan fingerprint density at radius 1 is 0.739 bits per heavy atom. The summed E-state index contributed by atoms with van der Waals surface area (Å²) in [5.74, 6) is 0. The van der Waals surface area contributed by atoms with Gasteiger partial charge in [0.2, 0.25) is 0 Å². The Kier molecular flexibility index (Phi) is 5.53. The normalized spacial score (nSPS) is 12.4. The average Bonchev–Trinajstić information content (AvgIpc) is 2.55. The van der Waals surface area contributed by atoms with E-state index in [-0.39, 0.29) is 16.2 Å². The van der Waals surface area contributed by atoms with Crippen LogP contribution in [0.3, 0.4) is 0 Å². The SMILES string of the molecule is CCC(OS(=O)(=O)c1ccccc1)OS(=O)(=O)c1ccccc1. The van der Waals surface area contributed by atoms with Gasteiger partial charge < -0.3 is 0 Å². The minimum atomic E-state index is -4.12. The Morgan fingerprint density at radius 2 is 1.09 bits per heavy atom. The molecule has 0 N–H and O–H groups in total. The highest BCUT2D eigenvalue weighted by atomic mass is 32.2. The predicted molar refractivity (Wildman–Crippen MR) is 83.5 cm³/mol. The molecule has 0 amide bonds. The number of rotatable bonds is 7. The first-order chi connectivity index (χ1) is 10.8. The van der Waals surface area contributed by atoms with Crippen LogP contribution in [0.4, 0.5) is 0 Å². The third-order valence-corrected chi connectivity index (χ3v) is 5.50. The van der Waals surface area contributed by atoms with Crippen molar-refractivity contribution in [3.8, 4) is 0 Å². The van der Waals surface area contributed by atoms with Gasteiger partial charge in [-0.2, -0.15) is 16.8 Å². The molecule has 0 saturated carbocycles. The summed E-state index contributed by atoms with van der Waals surface area (Å²) in [4.78, 5) is -0.140. The van der Waals surface area contributed by atoms with Crippen LogP contribution >= 0.6 is 0 Å². The molecule has 8 heteroatoms.